The fourth-order valence-electron chi connectivity index (χ4n) is 6.30. The molecule has 15 N–H and O–H groups in total. The molecule has 2 aliphatic rings. The number of aliphatic hydroxyl groups excluding tert-OH is 3. The number of nitrogens with two attached hydrogens (primary N) is 2. The van der Waals surface area contributed by atoms with E-state index in [2.05, 4.69) is 42.2 Å². The summed E-state index contributed by atoms with van der Waals surface area (Å²) in [5.41, 5.74) is 11.4. The number of carbonyl (C=O) groups excluding carboxylic acids is 7. The Morgan fingerprint density at radius 2 is 1.43 bits per heavy atom. The Balaban J connectivity index is 1.82. The van der Waals surface area contributed by atoms with Crippen molar-refractivity contribution in [3.8, 4) is 0 Å². The molecular formula is C37H55FN10O13. The minimum absolute atomic E-state index is 0.0377. The van der Waals surface area contributed by atoms with Gasteiger partial charge in [0.2, 0.25) is 29.5 Å². The molecule has 3 unspecified atom stereocenters. The molecule has 24 heteroatoms. The largest absolute Gasteiger partial charge is 0.481 e. The predicted octanol–water partition coefficient (Wildman–Crippen LogP) is -5.56. The molecule has 0 aliphatic carbocycles. The lowest BCUT2D eigenvalue weighted by atomic mass is 9.94. The van der Waals surface area contributed by atoms with Crippen molar-refractivity contribution >= 4 is 53.3 Å². The van der Waals surface area contributed by atoms with Gasteiger partial charge in [-0.05, 0) is 44.6 Å². The number of amides is 7. The van der Waals surface area contributed by atoms with Crippen LogP contribution in [0.5, 0.6) is 0 Å². The van der Waals surface area contributed by atoms with E-state index in [9.17, 15) is 63.2 Å². The maximum absolute atomic E-state index is 13.9. The van der Waals surface area contributed by atoms with Crippen LogP contribution in [0.1, 0.15) is 51.0 Å². The van der Waals surface area contributed by atoms with Crippen LogP contribution in [0.4, 0.5) is 4.39 Å². The van der Waals surface area contributed by atoms with E-state index in [0.29, 0.717) is 5.56 Å². The van der Waals surface area contributed by atoms with Gasteiger partial charge in [0.1, 0.15) is 48.6 Å². The number of unbranched alkanes of at least 4 members (excludes halogenated alkanes) is 1. The number of carboxylic acids is 1. The van der Waals surface area contributed by atoms with Crippen LogP contribution in [-0.4, -0.2) is 161 Å². The molecule has 23 nitrogen and oxygen atoms in total. The summed E-state index contributed by atoms with van der Waals surface area (Å²) < 4.78 is 18.8. The number of aliphatic hydroxyl groups is 3. The molecule has 7 amide bonds. The van der Waals surface area contributed by atoms with Crippen molar-refractivity contribution in [3.05, 3.63) is 35.9 Å². The van der Waals surface area contributed by atoms with Gasteiger partial charge in [-0.15, -0.1) is 0 Å². The van der Waals surface area contributed by atoms with Gasteiger partial charge in [-0.2, -0.15) is 0 Å². The zero-order valence-corrected chi connectivity index (χ0v) is 33.4. The molecule has 10 atom stereocenters. The lowest BCUT2D eigenvalue weighted by molar-refractivity contribution is -0.219. The Hall–Kier alpha value is -5.98. The van der Waals surface area contributed by atoms with Gasteiger partial charge in [0.25, 0.3) is 11.8 Å². The third-order valence-corrected chi connectivity index (χ3v) is 9.61. The first kappa shape index (κ1) is 49.4. The molecule has 2 aliphatic heterocycles. The van der Waals surface area contributed by atoms with Crippen molar-refractivity contribution in [1.82, 2.24) is 37.2 Å². The zero-order valence-electron chi connectivity index (χ0n) is 33.4. The number of hydrogen-bond donors (Lipinski definition) is 13. The maximum atomic E-state index is 13.9. The van der Waals surface area contributed by atoms with E-state index in [1.807, 2.05) is 0 Å². The van der Waals surface area contributed by atoms with E-state index in [4.69, 9.17) is 16.2 Å². The third-order valence-electron chi connectivity index (χ3n) is 9.61. The molecule has 0 spiro atoms. The van der Waals surface area contributed by atoms with Crippen molar-refractivity contribution in [2.24, 2.45) is 16.5 Å². The van der Waals surface area contributed by atoms with Gasteiger partial charge in [0.05, 0.1) is 13.0 Å². The van der Waals surface area contributed by atoms with Crippen LogP contribution in [0.15, 0.2) is 35.3 Å². The molecule has 338 valence electrons. The van der Waals surface area contributed by atoms with Crippen molar-refractivity contribution in [2.45, 2.75) is 113 Å². The first-order valence-electron chi connectivity index (χ1n) is 19.6. The highest BCUT2D eigenvalue weighted by Crippen LogP contribution is 2.21. The number of benzene rings is 1. The molecule has 0 saturated carbocycles. The minimum atomic E-state index is -1.89. The van der Waals surface area contributed by atoms with Crippen molar-refractivity contribution in [2.75, 3.05) is 26.2 Å². The molecule has 1 aromatic rings. The number of alkyl halides is 1. The van der Waals surface area contributed by atoms with E-state index in [0.717, 1.165) is 6.92 Å². The van der Waals surface area contributed by atoms with E-state index in [1.54, 1.807) is 30.3 Å². The molecule has 61 heavy (non-hydrogen) atoms. The number of aliphatic imine (C=N–C) groups is 1. The quantitative estimate of drug-likeness (QED) is 0.0395. The number of carboxylic acid groups (broad SMARTS) is 1. The molecule has 2 heterocycles. The third kappa shape index (κ3) is 16.2. The first-order chi connectivity index (χ1) is 28.9. The monoisotopic (exact) mass is 865 g/mol. The smallest absolute Gasteiger partial charge is 0.305 e. The molecular weight excluding hydrogens is 810 g/mol. The van der Waals surface area contributed by atoms with Gasteiger partial charge < -0.3 is 73.8 Å². The second kappa shape index (κ2) is 24.3. The highest BCUT2D eigenvalue weighted by atomic mass is 18.2. The fourth-order valence-corrected chi connectivity index (χ4v) is 6.30. The highest BCUT2D eigenvalue weighted by molar-refractivity contribution is 5.98. The number of nitrogens with zero attached hydrogens (tertiary/aromatic N) is 1. The summed E-state index contributed by atoms with van der Waals surface area (Å²) in [4.78, 5) is 108. The van der Waals surface area contributed by atoms with Crippen LogP contribution < -0.4 is 48.7 Å². The van der Waals surface area contributed by atoms with Crippen LogP contribution in [-0.2, 0) is 49.5 Å². The summed E-state index contributed by atoms with van der Waals surface area (Å²) in [5.74, 6) is -8.09. The number of hydrogen-bond acceptors (Lipinski definition) is 13. The van der Waals surface area contributed by atoms with E-state index in [1.165, 1.54) is 0 Å². The van der Waals surface area contributed by atoms with Crippen molar-refractivity contribution in [1.29, 1.82) is 0 Å². The highest BCUT2D eigenvalue weighted by Gasteiger charge is 2.46. The summed E-state index contributed by atoms with van der Waals surface area (Å²) in [6.07, 6.45) is -11.1. The van der Waals surface area contributed by atoms with Gasteiger partial charge in [-0.3, -0.25) is 43.3 Å². The van der Waals surface area contributed by atoms with Gasteiger partial charge in [-0.1, -0.05) is 30.3 Å². The average Bonchev–Trinajstić information content (AvgIpc) is 3.21. The number of carbonyl (C=O) groups is 8. The van der Waals surface area contributed by atoms with Crippen molar-refractivity contribution in [3.63, 3.8) is 0 Å². The summed E-state index contributed by atoms with van der Waals surface area (Å²) in [5, 5.41) is 57.5. The van der Waals surface area contributed by atoms with Crippen molar-refractivity contribution < 1.29 is 67.9 Å². The van der Waals surface area contributed by atoms with Crippen LogP contribution in [0.3, 0.4) is 0 Å². The van der Waals surface area contributed by atoms with Crippen LogP contribution in [0, 0.1) is 0 Å². The Labute approximate surface area is 349 Å². The molecule has 2 fully saturated rings. The maximum Gasteiger partial charge on any atom is 0.305 e. The second-order valence-corrected chi connectivity index (χ2v) is 14.5. The SMILES string of the molecule is CC([18F])C(=O)NC[C@H]1OC(C(=O)NCCCC[C@@H]2NC(=O)[C@@H](Cc3ccccc3)NC(=O)[C@H](CC(=O)O)NC(=O)CNC(=O)[C@H](CCCN=C(N)N)NC2=O)[C@@H](O)C(O)[C@H]1O. The van der Waals surface area contributed by atoms with E-state index < -0.39 is 128 Å². The van der Waals surface area contributed by atoms with Gasteiger partial charge in [-0.25, -0.2) is 4.39 Å². The Bertz CT molecular complexity index is 1740. The summed E-state index contributed by atoms with van der Waals surface area (Å²) in [7, 11) is 0. The first-order valence-corrected chi connectivity index (χ1v) is 19.6. The van der Waals surface area contributed by atoms with Gasteiger partial charge in [0.15, 0.2) is 18.2 Å². The number of ether oxygens (including phenoxy) is 1. The molecule has 1 aromatic carbocycles. The van der Waals surface area contributed by atoms with Crippen LogP contribution in [0.25, 0.3) is 0 Å². The van der Waals surface area contributed by atoms with E-state index in [-0.39, 0.29) is 57.6 Å². The van der Waals surface area contributed by atoms with Gasteiger partial charge >= 0.3 is 5.97 Å². The molecule has 0 radical (unpaired) electrons. The second-order valence-electron chi connectivity index (χ2n) is 14.5. The molecule has 0 bridgehead atoms. The standard InChI is InChI=1S/C37H55FN10O13/c1-18(38)31(55)43-16-24-27(52)28(53)29(54)30(61-24)36(60)41-12-6-5-10-21-33(57)46-20(11-7-13-42-37(39)40)32(56)44-17-25(49)45-23(15-26(50)51)35(59)48-22(34(58)47-21)14-19-8-3-2-4-9-19/h2-4,8-9,18,20-24,27-30,52-54H,5-7,10-17H2,1H3,(H,41,60)(H,43,55)(H,44,56)(H,45,49)(H,46,57)(H,47,58)(H,48,59)(H,50,51)(H4,39,40,42)/t18?,20-,21-,22+,23-,24+,27-,28?,29-,30?/m0/s1/i38-1. The topological polar surface area (TPSA) is 375 Å². The van der Waals surface area contributed by atoms with Crippen LogP contribution >= 0.6 is 0 Å². The zero-order chi connectivity index (χ0) is 45.2. The fraction of sp³-hybridized carbons (Fsp3) is 0.595. The van der Waals surface area contributed by atoms with Gasteiger partial charge in [0, 0.05) is 26.1 Å². The summed E-state index contributed by atoms with van der Waals surface area (Å²) >= 11 is 0. The average molecular weight is 866 g/mol. The Kier molecular flexibility index (Phi) is 19.7. The Morgan fingerprint density at radius 3 is 2.07 bits per heavy atom. The minimum Gasteiger partial charge on any atom is -0.481 e. The number of nitrogens with one attached hydrogen (secondary N) is 7. The molecule has 2 saturated heterocycles. The number of aliphatic carboxylic acids is 1. The summed E-state index contributed by atoms with van der Waals surface area (Å²) in [6.45, 7) is -0.239. The lowest BCUT2D eigenvalue weighted by Gasteiger charge is -2.40. The lowest BCUT2D eigenvalue weighted by Crippen LogP contribution is -2.63. The number of rotatable bonds is 17. The van der Waals surface area contributed by atoms with E-state index >= 15 is 0 Å². The number of guanidine groups is 1. The van der Waals surface area contributed by atoms with Crippen LogP contribution in [0.2, 0.25) is 0 Å². The predicted molar refractivity (Wildman–Crippen MR) is 210 cm³/mol. The summed E-state index contributed by atoms with van der Waals surface area (Å²) in [6, 6.07) is 2.70. The molecule has 0 aromatic heterocycles. The normalized spacial score (nSPS) is 27.0. The number of halogens is 1. The molecule has 3 rings (SSSR count). The Morgan fingerprint density at radius 1 is 0.820 bits per heavy atom.